The molecule has 35 heavy (non-hydrogen) atoms. The molecule has 0 saturated heterocycles. The van der Waals surface area contributed by atoms with Crippen molar-refractivity contribution in [2.75, 3.05) is 7.05 Å². The summed E-state index contributed by atoms with van der Waals surface area (Å²) >= 11 is 5.92. The van der Waals surface area contributed by atoms with Gasteiger partial charge in [-0.3, -0.25) is 14.4 Å². The number of halogens is 1. The average molecular weight is 498 g/mol. The highest BCUT2D eigenvalue weighted by Gasteiger charge is 2.34. The number of hydrogen-bond donors (Lipinski definition) is 2. The first-order valence-electron chi connectivity index (χ1n) is 11.7. The molecule has 2 aromatic carbocycles. The molecule has 3 rings (SSSR count). The summed E-state index contributed by atoms with van der Waals surface area (Å²) in [5.74, 6) is -1.49. The van der Waals surface area contributed by atoms with Crippen LogP contribution in [0.25, 0.3) is 0 Å². The van der Waals surface area contributed by atoms with Crippen LogP contribution >= 0.6 is 11.6 Å². The highest BCUT2D eigenvalue weighted by Crippen LogP contribution is 2.27. The SMILES string of the molecule is C[C@H]1[C@@H](c2ccccc2)OC(=O)[C@@H](N)CC=CC[C@@H](CC(=O)NCc2ccc(Cl)cc2)C(=O)N1C. The number of rotatable bonds is 5. The number of likely N-dealkylation sites (N-methyl/N-ethyl adjacent to an activating group) is 1. The molecular formula is C27H32ClN3O4. The molecule has 4 atom stereocenters. The Morgan fingerprint density at radius 3 is 2.43 bits per heavy atom. The molecule has 186 valence electrons. The highest BCUT2D eigenvalue weighted by atomic mass is 35.5. The molecule has 0 aliphatic carbocycles. The van der Waals surface area contributed by atoms with E-state index in [0.717, 1.165) is 11.1 Å². The summed E-state index contributed by atoms with van der Waals surface area (Å²) in [5.41, 5.74) is 7.73. The lowest BCUT2D eigenvalue weighted by Gasteiger charge is -2.34. The maximum Gasteiger partial charge on any atom is 0.323 e. The van der Waals surface area contributed by atoms with Gasteiger partial charge in [-0.15, -0.1) is 0 Å². The fraction of sp³-hybridized carbons (Fsp3) is 0.370. The number of hydrogen-bond acceptors (Lipinski definition) is 5. The summed E-state index contributed by atoms with van der Waals surface area (Å²) in [6.45, 7) is 2.17. The van der Waals surface area contributed by atoms with E-state index < -0.39 is 30.1 Å². The average Bonchev–Trinajstić information content (AvgIpc) is 2.87. The van der Waals surface area contributed by atoms with E-state index in [9.17, 15) is 14.4 Å². The lowest BCUT2D eigenvalue weighted by molar-refractivity contribution is -0.157. The Bertz CT molecular complexity index is 1040. The summed E-state index contributed by atoms with van der Waals surface area (Å²) in [7, 11) is 1.67. The Balaban J connectivity index is 1.77. The van der Waals surface area contributed by atoms with Crippen molar-refractivity contribution in [2.24, 2.45) is 11.7 Å². The first-order chi connectivity index (χ1) is 16.8. The van der Waals surface area contributed by atoms with Gasteiger partial charge in [-0.25, -0.2) is 0 Å². The highest BCUT2D eigenvalue weighted by molar-refractivity contribution is 6.30. The molecule has 0 saturated carbocycles. The molecule has 8 heteroatoms. The number of ether oxygens (including phenoxy) is 1. The molecule has 7 nitrogen and oxygen atoms in total. The van der Waals surface area contributed by atoms with E-state index in [1.165, 1.54) is 0 Å². The van der Waals surface area contributed by atoms with Gasteiger partial charge < -0.3 is 20.7 Å². The zero-order chi connectivity index (χ0) is 25.4. The Hall–Kier alpha value is -3.16. The Morgan fingerprint density at radius 1 is 1.09 bits per heavy atom. The van der Waals surface area contributed by atoms with E-state index in [1.807, 2.05) is 49.4 Å². The molecule has 3 N–H and O–H groups in total. The van der Waals surface area contributed by atoms with Crippen LogP contribution in [0.2, 0.25) is 5.02 Å². The van der Waals surface area contributed by atoms with Crippen LogP contribution in [0, 0.1) is 5.92 Å². The fourth-order valence-electron chi connectivity index (χ4n) is 3.96. The number of benzene rings is 2. The van der Waals surface area contributed by atoms with Crippen molar-refractivity contribution in [3.8, 4) is 0 Å². The third-order valence-corrected chi connectivity index (χ3v) is 6.48. The van der Waals surface area contributed by atoms with Crippen LogP contribution < -0.4 is 11.1 Å². The van der Waals surface area contributed by atoms with Crippen LogP contribution in [0.5, 0.6) is 0 Å². The van der Waals surface area contributed by atoms with Crippen LogP contribution in [-0.2, 0) is 25.7 Å². The summed E-state index contributed by atoms with van der Waals surface area (Å²) in [6.07, 6.45) is 3.56. The van der Waals surface area contributed by atoms with Gasteiger partial charge in [-0.1, -0.05) is 66.2 Å². The molecular weight excluding hydrogens is 466 g/mol. The maximum atomic E-state index is 13.5. The molecule has 0 bridgehead atoms. The monoisotopic (exact) mass is 497 g/mol. The lowest BCUT2D eigenvalue weighted by atomic mass is 9.95. The second-order valence-corrected chi connectivity index (χ2v) is 9.25. The molecule has 0 fully saturated rings. The number of nitrogens with one attached hydrogen (secondary N) is 1. The zero-order valence-electron chi connectivity index (χ0n) is 20.0. The number of allylic oxidation sites excluding steroid dienone is 1. The van der Waals surface area contributed by atoms with Gasteiger partial charge >= 0.3 is 5.97 Å². The Labute approximate surface area is 211 Å². The van der Waals surface area contributed by atoms with Crippen molar-refractivity contribution in [1.82, 2.24) is 10.2 Å². The van der Waals surface area contributed by atoms with E-state index in [4.69, 9.17) is 22.1 Å². The van der Waals surface area contributed by atoms with E-state index >= 15 is 0 Å². The van der Waals surface area contributed by atoms with Crippen LogP contribution in [0.15, 0.2) is 66.7 Å². The molecule has 0 aromatic heterocycles. The summed E-state index contributed by atoms with van der Waals surface area (Å²) in [6, 6.07) is 15.2. The zero-order valence-corrected chi connectivity index (χ0v) is 20.8. The second kappa shape index (κ2) is 12.5. The van der Waals surface area contributed by atoms with Gasteiger partial charge in [0.2, 0.25) is 11.8 Å². The van der Waals surface area contributed by atoms with Gasteiger partial charge in [0.15, 0.2) is 0 Å². The minimum absolute atomic E-state index is 0.0374. The number of nitrogens with zero attached hydrogens (tertiary/aromatic N) is 1. The number of amides is 2. The van der Waals surface area contributed by atoms with E-state index in [0.29, 0.717) is 18.0 Å². The van der Waals surface area contributed by atoms with Gasteiger partial charge in [-0.2, -0.15) is 0 Å². The van der Waals surface area contributed by atoms with Gasteiger partial charge in [0.25, 0.3) is 0 Å². The first kappa shape index (κ1) is 26.4. The first-order valence-corrected chi connectivity index (χ1v) is 12.1. The summed E-state index contributed by atoms with van der Waals surface area (Å²) in [5, 5.41) is 3.51. The normalized spacial score (nSPS) is 23.7. The van der Waals surface area contributed by atoms with E-state index in [-0.39, 0.29) is 24.7 Å². The molecule has 0 radical (unpaired) electrons. The number of carbonyl (C=O) groups is 3. The molecule has 0 spiro atoms. The predicted molar refractivity (Wildman–Crippen MR) is 135 cm³/mol. The van der Waals surface area contributed by atoms with Crippen molar-refractivity contribution < 1.29 is 19.1 Å². The van der Waals surface area contributed by atoms with Crippen molar-refractivity contribution >= 4 is 29.4 Å². The van der Waals surface area contributed by atoms with Crippen molar-refractivity contribution in [1.29, 1.82) is 0 Å². The van der Waals surface area contributed by atoms with Gasteiger partial charge in [0.1, 0.15) is 12.1 Å². The van der Waals surface area contributed by atoms with Crippen LogP contribution in [0.1, 0.15) is 43.4 Å². The summed E-state index contributed by atoms with van der Waals surface area (Å²) < 4.78 is 5.78. The van der Waals surface area contributed by atoms with Crippen LogP contribution in [-0.4, -0.2) is 41.8 Å². The van der Waals surface area contributed by atoms with E-state index in [1.54, 1.807) is 36.2 Å². The smallest absolute Gasteiger partial charge is 0.323 e. The minimum Gasteiger partial charge on any atom is -0.454 e. The number of carbonyl (C=O) groups excluding carboxylic acids is 3. The molecule has 0 unspecified atom stereocenters. The van der Waals surface area contributed by atoms with Crippen LogP contribution in [0.3, 0.4) is 0 Å². The van der Waals surface area contributed by atoms with E-state index in [2.05, 4.69) is 5.32 Å². The molecule has 2 aromatic rings. The van der Waals surface area contributed by atoms with Crippen molar-refractivity contribution in [3.05, 3.63) is 82.9 Å². The maximum absolute atomic E-state index is 13.5. The molecule has 1 aliphatic heterocycles. The van der Waals surface area contributed by atoms with Crippen molar-refractivity contribution in [3.63, 3.8) is 0 Å². The lowest BCUT2D eigenvalue weighted by Crippen LogP contribution is -2.45. The molecule has 2 amide bonds. The Kier molecular flexibility index (Phi) is 9.46. The van der Waals surface area contributed by atoms with Gasteiger partial charge in [0.05, 0.1) is 12.0 Å². The van der Waals surface area contributed by atoms with Crippen LogP contribution in [0.4, 0.5) is 0 Å². The third kappa shape index (κ3) is 7.41. The Morgan fingerprint density at radius 2 is 1.74 bits per heavy atom. The fourth-order valence-corrected chi connectivity index (χ4v) is 4.09. The summed E-state index contributed by atoms with van der Waals surface area (Å²) in [4.78, 5) is 40.4. The third-order valence-electron chi connectivity index (χ3n) is 6.23. The number of cyclic esters (lactones) is 1. The largest absolute Gasteiger partial charge is 0.454 e. The topological polar surface area (TPSA) is 102 Å². The number of esters is 1. The number of nitrogens with two attached hydrogens (primary N) is 1. The minimum atomic E-state index is -0.814. The standard InChI is InChI=1S/C27H32ClN3O4/c1-18-25(20-8-4-3-5-9-20)35-27(34)23(29)11-7-6-10-21(26(33)31(18)2)16-24(32)30-17-19-12-14-22(28)15-13-19/h3-9,12-15,18,21,23,25H,10-11,16-17,29H2,1-2H3,(H,30,32)/t18-,21-,23-,25-/m0/s1. The predicted octanol–water partition coefficient (Wildman–Crippen LogP) is 3.77. The second-order valence-electron chi connectivity index (χ2n) is 8.81. The quantitative estimate of drug-likeness (QED) is 0.483. The van der Waals surface area contributed by atoms with Gasteiger partial charge in [-0.05, 0) is 43.0 Å². The molecule has 1 heterocycles. The van der Waals surface area contributed by atoms with Crippen molar-refractivity contribution in [2.45, 2.75) is 50.9 Å². The van der Waals surface area contributed by atoms with Gasteiger partial charge in [0, 0.05) is 25.0 Å². The molecule has 1 aliphatic rings.